The summed E-state index contributed by atoms with van der Waals surface area (Å²) in [7, 11) is 0. The van der Waals surface area contributed by atoms with Crippen LogP contribution in [0, 0.1) is 0 Å². The fourth-order valence-corrected chi connectivity index (χ4v) is 2.46. The van der Waals surface area contributed by atoms with Crippen LogP contribution < -0.4 is 14.2 Å². The number of aromatic carboxylic acids is 1. The fourth-order valence-electron chi connectivity index (χ4n) is 2.46. The highest BCUT2D eigenvalue weighted by molar-refractivity contribution is 5.93. The molecule has 0 unspecified atom stereocenters. The Morgan fingerprint density at radius 3 is 1.96 bits per heavy atom. The molecule has 0 amide bonds. The maximum Gasteiger partial charge on any atom is 0.339 e. The summed E-state index contributed by atoms with van der Waals surface area (Å²) in [5.41, 5.74) is 0.00497. The molecule has 27 heavy (non-hydrogen) atoms. The van der Waals surface area contributed by atoms with E-state index in [2.05, 4.69) is 0 Å². The van der Waals surface area contributed by atoms with Gasteiger partial charge in [-0.1, -0.05) is 43.3 Å². The number of carboxylic acids is 1. The highest BCUT2D eigenvalue weighted by Crippen LogP contribution is 2.44. The van der Waals surface area contributed by atoms with E-state index in [0.29, 0.717) is 23.9 Å². The largest absolute Gasteiger partial charge is 0.486 e. The van der Waals surface area contributed by atoms with E-state index in [1.54, 1.807) is 18.2 Å². The Kier molecular flexibility index (Phi) is 5.94. The number of rotatable bonds is 8. The average molecular weight is 364 g/mol. The second kappa shape index (κ2) is 8.76. The van der Waals surface area contributed by atoms with Crippen molar-refractivity contribution in [2.24, 2.45) is 0 Å². The Labute approximate surface area is 157 Å². The van der Waals surface area contributed by atoms with Crippen LogP contribution in [0.4, 0.5) is 0 Å². The normalized spacial score (nSPS) is 10.3. The van der Waals surface area contributed by atoms with Crippen LogP contribution in [0.25, 0.3) is 0 Å². The molecule has 0 saturated carbocycles. The Morgan fingerprint density at radius 1 is 0.815 bits per heavy atom. The Morgan fingerprint density at radius 2 is 1.41 bits per heavy atom. The molecule has 3 aromatic rings. The Balaban J connectivity index is 2.07. The fraction of sp³-hybridized carbons (Fsp3) is 0.136. The molecule has 0 aliphatic heterocycles. The number of hydrogen-bond donors (Lipinski definition) is 1. The first-order chi connectivity index (χ1) is 13.2. The second-order valence-corrected chi connectivity index (χ2v) is 5.75. The van der Waals surface area contributed by atoms with Gasteiger partial charge in [0, 0.05) is 0 Å². The first-order valence-corrected chi connectivity index (χ1v) is 8.68. The van der Waals surface area contributed by atoms with Crippen molar-refractivity contribution in [3.8, 4) is 28.7 Å². The van der Waals surface area contributed by atoms with E-state index in [1.807, 2.05) is 55.5 Å². The molecule has 0 atom stereocenters. The molecule has 0 heterocycles. The first-order valence-electron chi connectivity index (χ1n) is 8.68. The molecule has 0 saturated heterocycles. The van der Waals surface area contributed by atoms with Crippen LogP contribution in [-0.4, -0.2) is 17.7 Å². The van der Waals surface area contributed by atoms with Gasteiger partial charge in [0.15, 0.2) is 11.5 Å². The van der Waals surface area contributed by atoms with Crippen LogP contribution in [0.15, 0.2) is 72.8 Å². The Hall–Kier alpha value is -3.47. The number of carbonyl (C=O) groups is 1. The third-order valence-electron chi connectivity index (χ3n) is 3.69. The standard InChI is InChI=1S/C22H20O5/c1-2-15-25-21-19(26-16-9-5-3-6-10-16)14-13-18(22(23)24)20(21)27-17-11-7-4-8-12-17/h3-14H,2,15H2,1H3,(H,23,24). The van der Waals surface area contributed by atoms with Crippen LogP contribution in [0.1, 0.15) is 23.7 Å². The molecule has 5 heteroatoms. The zero-order chi connectivity index (χ0) is 19.1. The molecule has 138 valence electrons. The Bertz CT molecular complexity index is 891. The van der Waals surface area contributed by atoms with Crippen molar-refractivity contribution in [2.75, 3.05) is 6.61 Å². The average Bonchev–Trinajstić information content (AvgIpc) is 2.69. The van der Waals surface area contributed by atoms with E-state index in [-0.39, 0.29) is 17.1 Å². The number of ether oxygens (including phenoxy) is 3. The van der Waals surface area contributed by atoms with Gasteiger partial charge in [0.25, 0.3) is 0 Å². The molecule has 3 aromatic carbocycles. The van der Waals surface area contributed by atoms with Gasteiger partial charge in [-0.2, -0.15) is 0 Å². The predicted molar refractivity (Wildman–Crippen MR) is 102 cm³/mol. The molecule has 3 rings (SSSR count). The van der Waals surface area contributed by atoms with E-state index in [0.717, 1.165) is 6.42 Å². The van der Waals surface area contributed by atoms with Crippen LogP contribution in [0.2, 0.25) is 0 Å². The van der Waals surface area contributed by atoms with Crippen LogP contribution >= 0.6 is 0 Å². The number of carboxylic acid groups (broad SMARTS) is 1. The van der Waals surface area contributed by atoms with Gasteiger partial charge in [-0.15, -0.1) is 0 Å². The van der Waals surface area contributed by atoms with Crippen molar-refractivity contribution in [3.05, 3.63) is 78.4 Å². The van der Waals surface area contributed by atoms with E-state index in [1.165, 1.54) is 6.07 Å². The lowest BCUT2D eigenvalue weighted by Gasteiger charge is -2.18. The maximum absolute atomic E-state index is 11.7. The zero-order valence-corrected chi connectivity index (χ0v) is 14.9. The molecule has 0 radical (unpaired) electrons. The monoisotopic (exact) mass is 364 g/mol. The summed E-state index contributed by atoms with van der Waals surface area (Å²) in [5, 5.41) is 9.60. The van der Waals surface area contributed by atoms with Gasteiger partial charge in [-0.3, -0.25) is 0 Å². The van der Waals surface area contributed by atoms with Crippen molar-refractivity contribution < 1.29 is 24.1 Å². The highest BCUT2D eigenvalue weighted by atomic mass is 16.5. The van der Waals surface area contributed by atoms with Crippen LogP contribution in [-0.2, 0) is 0 Å². The van der Waals surface area contributed by atoms with Crippen LogP contribution in [0.3, 0.4) is 0 Å². The van der Waals surface area contributed by atoms with Gasteiger partial charge in [-0.25, -0.2) is 4.79 Å². The van der Waals surface area contributed by atoms with E-state index >= 15 is 0 Å². The van der Waals surface area contributed by atoms with Crippen molar-refractivity contribution in [3.63, 3.8) is 0 Å². The number of benzene rings is 3. The SMILES string of the molecule is CCCOc1c(Oc2ccccc2)ccc(C(=O)O)c1Oc1ccccc1. The summed E-state index contributed by atoms with van der Waals surface area (Å²) in [6.07, 6.45) is 0.757. The molecular weight excluding hydrogens is 344 g/mol. The molecular formula is C22H20O5. The van der Waals surface area contributed by atoms with Gasteiger partial charge in [0.2, 0.25) is 5.75 Å². The van der Waals surface area contributed by atoms with Gasteiger partial charge in [0.1, 0.15) is 17.1 Å². The van der Waals surface area contributed by atoms with Gasteiger partial charge >= 0.3 is 5.97 Å². The van der Waals surface area contributed by atoms with E-state index in [4.69, 9.17) is 14.2 Å². The summed E-state index contributed by atoms with van der Waals surface area (Å²) < 4.78 is 17.7. The minimum atomic E-state index is -1.10. The number of para-hydroxylation sites is 2. The predicted octanol–water partition coefficient (Wildman–Crippen LogP) is 5.76. The van der Waals surface area contributed by atoms with Gasteiger partial charge in [0.05, 0.1) is 6.61 Å². The summed E-state index contributed by atoms with van der Waals surface area (Å²) in [4.78, 5) is 11.7. The lowest BCUT2D eigenvalue weighted by Crippen LogP contribution is -2.05. The number of hydrogen-bond acceptors (Lipinski definition) is 4. The van der Waals surface area contributed by atoms with Gasteiger partial charge < -0.3 is 19.3 Å². The lowest BCUT2D eigenvalue weighted by molar-refractivity contribution is 0.0693. The van der Waals surface area contributed by atoms with Crippen molar-refractivity contribution >= 4 is 5.97 Å². The summed E-state index contributed by atoms with van der Waals surface area (Å²) in [5.74, 6) is 0.810. The molecule has 0 fully saturated rings. The minimum absolute atomic E-state index is 0.00497. The van der Waals surface area contributed by atoms with E-state index in [9.17, 15) is 9.90 Å². The first kappa shape index (κ1) is 18.3. The van der Waals surface area contributed by atoms with Crippen molar-refractivity contribution in [1.29, 1.82) is 0 Å². The summed E-state index contributed by atoms with van der Waals surface area (Å²) in [6.45, 7) is 2.37. The van der Waals surface area contributed by atoms with Crippen LogP contribution in [0.5, 0.6) is 28.7 Å². The quantitative estimate of drug-likeness (QED) is 0.551. The molecule has 0 aliphatic rings. The highest BCUT2D eigenvalue weighted by Gasteiger charge is 2.23. The zero-order valence-electron chi connectivity index (χ0n) is 14.9. The second-order valence-electron chi connectivity index (χ2n) is 5.75. The van der Waals surface area contributed by atoms with Gasteiger partial charge in [-0.05, 0) is 42.8 Å². The summed E-state index contributed by atoms with van der Waals surface area (Å²) in [6, 6.07) is 21.2. The molecule has 5 nitrogen and oxygen atoms in total. The lowest BCUT2D eigenvalue weighted by atomic mass is 10.1. The molecule has 0 aromatic heterocycles. The van der Waals surface area contributed by atoms with Crippen molar-refractivity contribution in [1.82, 2.24) is 0 Å². The molecule has 0 aliphatic carbocycles. The smallest absolute Gasteiger partial charge is 0.339 e. The summed E-state index contributed by atoms with van der Waals surface area (Å²) >= 11 is 0. The minimum Gasteiger partial charge on any atom is -0.486 e. The van der Waals surface area contributed by atoms with E-state index < -0.39 is 5.97 Å². The molecule has 0 spiro atoms. The maximum atomic E-state index is 11.7. The third-order valence-corrected chi connectivity index (χ3v) is 3.69. The molecule has 0 bridgehead atoms. The topological polar surface area (TPSA) is 65.0 Å². The molecule has 1 N–H and O–H groups in total. The van der Waals surface area contributed by atoms with Crippen molar-refractivity contribution in [2.45, 2.75) is 13.3 Å². The third kappa shape index (κ3) is 4.58.